The minimum absolute atomic E-state index is 0.0945. The third-order valence-electron chi connectivity index (χ3n) is 5.33. The summed E-state index contributed by atoms with van der Waals surface area (Å²) in [5.41, 5.74) is 8.42. The number of rotatable bonds is 5. The molecule has 0 radical (unpaired) electrons. The summed E-state index contributed by atoms with van der Waals surface area (Å²) in [6.45, 7) is -0.731. The highest BCUT2D eigenvalue weighted by molar-refractivity contribution is 5.96. The van der Waals surface area contributed by atoms with Gasteiger partial charge in [-0.1, -0.05) is 6.07 Å². The van der Waals surface area contributed by atoms with Gasteiger partial charge < -0.3 is 10.6 Å². The lowest BCUT2D eigenvalue weighted by atomic mass is 9.98. The molecular formula is C21H20F2N6O2. The number of hydrogen-bond acceptors (Lipinski definition) is 5. The summed E-state index contributed by atoms with van der Waals surface area (Å²) in [5, 5.41) is 3.89. The SMILES string of the molecule is CN1C(=O)CCc2cc(-c3ccc(-n4cnn(CC(CN)=C(F)F)c4=O)cn3)ccc21. The first-order chi connectivity index (χ1) is 14.9. The first kappa shape index (κ1) is 20.6. The van der Waals surface area contributed by atoms with E-state index in [1.807, 2.05) is 18.2 Å². The third kappa shape index (κ3) is 3.89. The zero-order valence-electron chi connectivity index (χ0n) is 16.8. The Balaban J connectivity index is 1.59. The summed E-state index contributed by atoms with van der Waals surface area (Å²) in [4.78, 5) is 30.5. The van der Waals surface area contributed by atoms with Crippen LogP contribution in [0.15, 0.2) is 59.3 Å². The lowest BCUT2D eigenvalue weighted by molar-refractivity contribution is -0.118. The Morgan fingerprint density at radius 1 is 1.16 bits per heavy atom. The summed E-state index contributed by atoms with van der Waals surface area (Å²) in [5.74, 6) is 0.0945. The van der Waals surface area contributed by atoms with Gasteiger partial charge in [-0.2, -0.15) is 13.9 Å². The lowest BCUT2D eigenvalue weighted by Crippen LogP contribution is -2.30. The number of halogens is 2. The number of nitrogens with zero attached hydrogens (tertiary/aromatic N) is 5. The van der Waals surface area contributed by atoms with Crippen LogP contribution in [0.5, 0.6) is 0 Å². The molecule has 4 rings (SSSR count). The van der Waals surface area contributed by atoms with Crippen molar-refractivity contribution in [2.45, 2.75) is 19.4 Å². The van der Waals surface area contributed by atoms with Crippen molar-refractivity contribution in [1.29, 1.82) is 0 Å². The van der Waals surface area contributed by atoms with Crippen LogP contribution >= 0.6 is 0 Å². The van der Waals surface area contributed by atoms with Crippen LogP contribution in [0.1, 0.15) is 12.0 Å². The average molecular weight is 426 g/mol. The maximum atomic E-state index is 12.8. The fourth-order valence-corrected chi connectivity index (χ4v) is 3.52. The summed E-state index contributed by atoms with van der Waals surface area (Å²) < 4.78 is 27.8. The molecule has 0 bridgehead atoms. The second-order valence-corrected chi connectivity index (χ2v) is 7.21. The predicted molar refractivity (Wildman–Crippen MR) is 111 cm³/mol. The summed E-state index contributed by atoms with van der Waals surface area (Å²) in [6.07, 6.45) is 2.02. The van der Waals surface area contributed by atoms with Crippen LogP contribution < -0.4 is 16.3 Å². The number of amides is 1. The second kappa shape index (κ2) is 8.23. The van der Waals surface area contributed by atoms with Crippen LogP contribution in [-0.2, 0) is 17.8 Å². The summed E-state index contributed by atoms with van der Waals surface area (Å²) in [7, 11) is 1.76. The molecule has 160 valence electrons. The molecule has 10 heteroatoms. The molecule has 1 aromatic carbocycles. The van der Waals surface area contributed by atoms with Gasteiger partial charge in [-0.15, -0.1) is 0 Å². The predicted octanol–water partition coefficient (Wildman–Crippen LogP) is 2.11. The van der Waals surface area contributed by atoms with E-state index in [9.17, 15) is 18.4 Å². The number of pyridine rings is 1. The third-order valence-corrected chi connectivity index (χ3v) is 5.33. The van der Waals surface area contributed by atoms with Crippen molar-refractivity contribution >= 4 is 11.6 Å². The first-order valence-electron chi connectivity index (χ1n) is 9.63. The lowest BCUT2D eigenvalue weighted by Gasteiger charge is -2.26. The largest absolute Gasteiger partial charge is 0.350 e. The molecule has 3 heterocycles. The van der Waals surface area contributed by atoms with Crippen LogP contribution in [0.25, 0.3) is 16.9 Å². The molecule has 0 fully saturated rings. The zero-order valence-corrected chi connectivity index (χ0v) is 16.8. The van der Waals surface area contributed by atoms with Gasteiger partial charge in [-0.3, -0.25) is 9.78 Å². The van der Waals surface area contributed by atoms with Crippen LogP contribution in [0.2, 0.25) is 0 Å². The van der Waals surface area contributed by atoms with Gasteiger partial charge in [0.2, 0.25) is 5.91 Å². The van der Waals surface area contributed by atoms with Gasteiger partial charge in [-0.05, 0) is 36.2 Å². The Kier molecular flexibility index (Phi) is 5.47. The topological polar surface area (TPSA) is 99.0 Å². The van der Waals surface area contributed by atoms with Crippen LogP contribution in [0, 0.1) is 0 Å². The highest BCUT2D eigenvalue weighted by Crippen LogP contribution is 2.30. The number of carbonyl (C=O) groups is 1. The van der Waals surface area contributed by atoms with E-state index in [4.69, 9.17) is 5.73 Å². The Morgan fingerprint density at radius 3 is 2.65 bits per heavy atom. The van der Waals surface area contributed by atoms with Crippen molar-refractivity contribution < 1.29 is 13.6 Å². The molecule has 1 aliphatic rings. The smallest absolute Gasteiger partial charge is 0.327 e. The molecule has 1 aliphatic heterocycles. The highest BCUT2D eigenvalue weighted by atomic mass is 19.3. The Hall–Kier alpha value is -3.66. The van der Waals surface area contributed by atoms with Crippen molar-refractivity contribution in [3.8, 4) is 16.9 Å². The number of nitrogens with two attached hydrogens (primary N) is 1. The van der Waals surface area contributed by atoms with E-state index in [1.165, 1.54) is 17.1 Å². The Bertz CT molecular complexity index is 1230. The van der Waals surface area contributed by atoms with Gasteiger partial charge in [0.25, 0.3) is 6.08 Å². The van der Waals surface area contributed by atoms with Gasteiger partial charge >= 0.3 is 5.69 Å². The Labute approximate surface area is 176 Å². The highest BCUT2D eigenvalue weighted by Gasteiger charge is 2.21. The van der Waals surface area contributed by atoms with Gasteiger partial charge in [0.1, 0.15) is 6.33 Å². The number of hydrogen-bond donors (Lipinski definition) is 1. The van der Waals surface area contributed by atoms with Crippen molar-refractivity contribution in [2.24, 2.45) is 5.73 Å². The molecule has 0 spiro atoms. The standard InChI is InChI=1S/C21H20F2N6O2/c1-27-18-6-2-13(8-14(18)3-7-19(27)30)17-5-4-16(10-25-17)28-12-26-29(21(28)31)11-15(9-24)20(22)23/h2,4-6,8,10,12H,3,7,9,11,24H2,1H3. The summed E-state index contributed by atoms with van der Waals surface area (Å²) >= 11 is 0. The van der Waals surface area contributed by atoms with Gasteiger partial charge in [0.05, 0.1) is 24.1 Å². The molecule has 31 heavy (non-hydrogen) atoms. The number of carbonyl (C=O) groups excluding carboxylic acids is 1. The van der Waals surface area contributed by atoms with E-state index in [0.717, 1.165) is 21.5 Å². The number of fused-ring (bicyclic) bond motifs is 1. The summed E-state index contributed by atoms with van der Waals surface area (Å²) in [6, 6.07) is 9.28. The minimum atomic E-state index is -1.91. The van der Waals surface area contributed by atoms with E-state index < -0.39 is 11.8 Å². The minimum Gasteiger partial charge on any atom is -0.327 e. The average Bonchev–Trinajstić information content (AvgIpc) is 3.14. The number of benzene rings is 1. The molecular weight excluding hydrogens is 406 g/mol. The van der Waals surface area contributed by atoms with E-state index in [-0.39, 0.29) is 24.6 Å². The van der Waals surface area contributed by atoms with E-state index in [0.29, 0.717) is 24.2 Å². The fourth-order valence-electron chi connectivity index (χ4n) is 3.52. The number of anilines is 1. The number of aromatic nitrogens is 4. The zero-order chi connectivity index (χ0) is 22.1. The molecule has 2 aromatic heterocycles. The number of aryl methyl sites for hydroxylation is 1. The van der Waals surface area contributed by atoms with Gasteiger partial charge in [-0.25, -0.2) is 14.0 Å². The molecule has 3 aromatic rings. The normalized spacial score (nSPS) is 13.3. The second-order valence-electron chi connectivity index (χ2n) is 7.21. The molecule has 0 saturated heterocycles. The monoisotopic (exact) mass is 426 g/mol. The molecule has 2 N–H and O–H groups in total. The van der Waals surface area contributed by atoms with E-state index in [2.05, 4.69) is 10.1 Å². The van der Waals surface area contributed by atoms with Crippen LogP contribution in [0.4, 0.5) is 14.5 Å². The first-order valence-corrected chi connectivity index (χ1v) is 9.63. The van der Waals surface area contributed by atoms with E-state index >= 15 is 0 Å². The molecule has 0 saturated carbocycles. The molecule has 1 amide bonds. The quantitative estimate of drug-likeness (QED) is 0.674. The van der Waals surface area contributed by atoms with Crippen molar-refractivity contribution in [3.63, 3.8) is 0 Å². The van der Waals surface area contributed by atoms with E-state index in [1.54, 1.807) is 24.1 Å². The molecule has 8 nitrogen and oxygen atoms in total. The maximum absolute atomic E-state index is 12.8. The van der Waals surface area contributed by atoms with Crippen LogP contribution in [0.3, 0.4) is 0 Å². The fraction of sp³-hybridized carbons (Fsp3) is 0.238. The molecule has 0 aliphatic carbocycles. The van der Waals surface area contributed by atoms with Crippen LogP contribution in [-0.4, -0.2) is 38.8 Å². The van der Waals surface area contributed by atoms with Crippen molar-refractivity contribution in [3.05, 3.63) is 70.6 Å². The molecule has 0 atom stereocenters. The maximum Gasteiger partial charge on any atom is 0.350 e. The van der Waals surface area contributed by atoms with Gasteiger partial charge in [0.15, 0.2) is 0 Å². The molecule has 0 unspecified atom stereocenters. The Morgan fingerprint density at radius 2 is 1.97 bits per heavy atom. The van der Waals surface area contributed by atoms with Gasteiger partial charge in [0, 0.05) is 36.8 Å². The van der Waals surface area contributed by atoms with Crippen molar-refractivity contribution in [1.82, 2.24) is 19.3 Å². The van der Waals surface area contributed by atoms with Crippen molar-refractivity contribution in [2.75, 3.05) is 18.5 Å².